The van der Waals surface area contributed by atoms with E-state index < -0.39 is 5.97 Å². The van der Waals surface area contributed by atoms with Gasteiger partial charge in [-0.15, -0.1) is 11.8 Å². The second-order valence-electron chi connectivity index (χ2n) is 3.04. The molecule has 5 heteroatoms. The zero-order valence-corrected chi connectivity index (χ0v) is 8.10. The molecular formula is C8H13NO3S. The van der Waals surface area contributed by atoms with E-state index in [0.29, 0.717) is 18.2 Å². The van der Waals surface area contributed by atoms with E-state index in [1.807, 2.05) is 0 Å². The van der Waals surface area contributed by atoms with Gasteiger partial charge in [-0.1, -0.05) is 0 Å². The van der Waals surface area contributed by atoms with E-state index in [-0.39, 0.29) is 11.7 Å². The molecule has 0 aromatic carbocycles. The predicted molar refractivity (Wildman–Crippen MR) is 50.7 cm³/mol. The minimum Gasteiger partial charge on any atom is -0.481 e. The molecule has 0 aromatic heterocycles. The Balaban J connectivity index is 1.91. The molecule has 74 valence electrons. The summed E-state index contributed by atoms with van der Waals surface area (Å²) in [6, 6.07) is 0.400. The molecule has 4 nitrogen and oxygen atoms in total. The molecular weight excluding hydrogens is 190 g/mol. The van der Waals surface area contributed by atoms with Crippen LogP contribution < -0.4 is 5.32 Å². The van der Waals surface area contributed by atoms with Gasteiger partial charge in [0.05, 0.1) is 5.75 Å². The van der Waals surface area contributed by atoms with Gasteiger partial charge >= 0.3 is 5.97 Å². The fourth-order valence-electron chi connectivity index (χ4n) is 0.852. The van der Waals surface area contributed by atoms with Gasteiger partial charge in [0.2, 0.25) is 5.91 Å². The Hall–Kier alpha value is -0.710. The molecule has 1 rings (SSSR count). The summed E-state index contributed by atoms with van der Waals surface area (Å²) in [6.45, 7) is 0. The average molecular weight is 203 g/mol. The number of hydrogen-bond acceptors (Lipinski definition) is 3. The van der Waals surface area contributed by atoms with Gasteiger partial charge < -0.3 is 10.4 Å². The Kier molecular flexibility index (Phi) is 4.08. The second-order valence-corrected chi connectivity index (χ2v) is 4.14. The number of carbonyl (C=O) groups is 2. The van der Waals surface area contributed by atoms with Gasteiger partial charge in [0.25, 0.3) is 0 Å². The van der Waals surface area contributed by atoms with Gasteiger partial charge in [-0.2, -0.15) is 0 Å². The summed E-state index contributed by atoms with van der Waals surface area (Å²) in [5.41, 5.74) is 0. The molecule has 1 aliphatic carbocycles. The lowest BCUT2D eigenvalue weighted by molar-refractivity contribution is -0.134. The van der Waals surface area contributed by atoms with Gasteiger partial charge in [0, 0.05) is 18.2 Å². The Morgan fingerprint density at radius 1 is 1.46 bits per heavy atom. The maximum Gasteiger partial charge on any atom is 0.313 e. The SMILES string of the molecule is O=C(O)CSCCC(=O)NC1CC1. The van der Waals surface area contributed by atoms with E-state index in [0.717, 1.165) is 12.8 Å². The second kappa shape index (κ2) is 5.11. The Labute approximate surface area is 81.1 Å². The third-order valence-corrected chi connectivity index (χ3v) is 2.59. The lowest BCUT2D eigenvalue weighted by Gasteiger charge is -2.01. The largest absolute Gasteiger partial charge is 0.481 e. The van der Waals surface area contributed by atoms with Crippen LogP contribution >= 0.6 is 11.8 Å². The molecule has 1 amide bonds. The quantitative estimate of drug-likeness (QED) is 0.616. The predicted octanol–water partition coefficient (Wildman–Crippen LogP) is 0.473. The standard InChI is InChI=1S/C8H13NO3S/c10-7(9-6-1-2-6)3-4-13-5-8(11)12/h6H,1-5H2,(H,9,10)(H,11,12). The van der Waals surface area contributed by atoms with Crippen molar-refractivity contribution in [2.75, 3.05) is 11.5 Å². The Bertz CT molecular complexity index is 204. The van der Waals surface area contributed by atoms with Gasteiger partial charge in [-0.05, 0) is 12.8 Å². The van der Waals surface area contributed by atoms with E-state index in [2.05, 4.69) is 5.32 Å². The zero-order valence-electron chi connectivity index (χ0n) is 7.28. The number of nitrogens with one attached hydrogen (secondary N) is 1. The van der Waals surface area contributed by atoms with Crippen LogP contribution in [0.5, 0.6) is 0 Å². The van der Waals surface area contributed by atoms with Crippen LogP contribution in [0.15, 0.2) is 0 Å². The van der Waals surface area contributed by atoms with E-state index in [1.165, 1.54) is 11.8 Å². The highest BCUT2D eigenvalue weighted by Crippen LogP contribution is 2.18. The highest BCUT2D eigenvalue weighted by atomic mass is 32.2. The van der Waals surface area contributed by atoms with Crippen molar-refractivity contribution >= 4 is 23.6 Å². The lowest BCUT2D eigenvalue weighted by Crippen LogP contribution is -2.25. The molecule has 13 heavy (non-hydrogen) atoms. The van der Waals surface area contributed by atoms with Crippen molar-refractivity contribution in [1.82, 2.24) is 5.32 Å². The summed E-state index contributed by atoms with van der Waals surface area (Å²) in [5.74, 6) is -0.116. The fourth-order valence-corrected chi connectivity index (χ4v) is 1.50. The minimum absolute atomic E-state index is 0.0420. The van der Waals surface area contributed by atoms with E-state index >= 15 is 0 Å². The van der Waals surface area contributed by atoms with Crippen LogP contribution in [0.3, 0.4) is 0 Å². The Morgan fingerprint density at radius 3 is 2.69 bits per heavy atom. The smallest absolute Gasteiger partial charge is 0.313 e. The molecule has 0 heterocycles. The maximum absolute atomic E-state index is 11.1. The zero-order chi connectivity index (χ0) is 9.68. The van der Waals surface area contributed by atoms with Gasteiger partial charge in [-0.3, -0.25) is 9.59 Å². The summed E-state index contributed by atoms with van der Waals surface area (Å²) in [6.07, 6.45) is 2.61. The summed E-state index contributed by atoms with van der Waals surface area (Å²) >= 11 is 1.28. The molecule has 1 fully saturated rings. The van der Waals surface area contributed by atoms with Crippen molar-refractivity contribution in [3.63, 3.8) is 0 Å². The lowest BCUT2D eigenvalue weighted by atomic mass is 10.4. The third-order valence-electron chi connectivity index (χ3n) is 1.64. The van der Waals surface area contributed by atoms with Crippen molar-refractivity contribution in [3.05, 3.63) is 0 Å². The highest BCUT2D eigenvalue weighted by molar-refractivity contribution is 7.99. The summed E-state index contributed by atoms with van der Waals surface area (Å²) in [4.78, 5) is 21.2. The van der Waals surface area contributed by atoms with Crippen LogP contribution in [0.1, 0.15) is 19.3 Å². The monoisotopic (exact) mass is 203 g/mol. The summed E-state index contributed by atoms with van der Waals surface area (Å²) < 4.78 is 0. The van der Waals surface area contributed by atoms with Crippen LogP contribution in [0.25, 0.3) is 0 Å². The van der Waals surface area contributed by atoms with E-state index in [4.69, 9.17) is 5.11 Å². The van der Waals surface area contributed by atoms with Gasteiger partial charge in [-0.25, -0.2) is 0 Å². The molecule has 0 saturated heterocycles. The molecule has 1 aliphatic rings. The van der Waals surface area contributed by atoms with E-state index in [1.54, 1.807) is 0 Å². The fraction of sp³-hybridized carbons (Fsp3) is 0.750. The highest BCUT2D eigenvalue weighted by Gasteiger charge is 2.22. The van der Waals surface area contributed by atoms with Crippen LogP contribution in [0.2, 0.25) is 0 Å². The van der Waals surface area contributed by atoms with Crippen LogP contribution in [-0.2, 0) is 9.59 Å². The number of amides is 1. The Morgan fingerprint density at radius 2 is 2.15 bits per heavy atom. The van der Waals surface area contributed by atoms with Crippen molar-refractivity contribution < 1.29 is 14.7 Å². The molecule has 0 radical (unpaired) electrons. The van der Waals surface area contributed by atoms with Crippen LogP contribution in [0, 0.1) is 0 Å². The number of rotatable bonds is 6. The molecule has 1 saturated carbocycles. The number of carbonyl (C=O) groups excluding carboxylic acids is 1. The average Bonchev–Trinajstić information content (AvgIpc) is 2.81. The number of hydrogen-bond donors (Lipinski definition) is 2. The van der Waals surface area contributed by atoms with Crippen molar-refractivity contribution in [1.29, 1.82) is 0 Å². The molecule has 2 N–H and O–H groups in total. The molecule has 0 bridgehead atoms. The summed E-state index contributed by atoms with van der Waals surface area (Å²) in [5, 5.41) is 11.2. The summed E-state index contributed by atoms with van der Waals surface area (Å²) in [7, 11) is 0. The first-order valence-electron chi connectivity index (χ1n) is 4.27. The topological polar surface area (TPSA) is 66.4 Å². The first kappa shape index (κ1) is 10.4. The van der Waals surface area contributed by atoms with E-state index in [9.17, 15) is 9.59 Å². The van der Waals surface area contributed by atoms with Crippen molar-refractivity contribution in [3.8, 4) is 0 Å². The number of thioether (sulfide) groups is 1. The molecule has 0 aromatic rings. The van der Waals surface area contributed by atoms with Crippen molar-refractivity contribution in [2.24, 2.45) is 0 Å². The molecule has 0 atom stereocenters. The minimum atomic E-state index is -0.826. The molecule has 0 unspecified atom stereocenters. The number of carboxylic acid groups (broad SMARTS) is 1. The normalized spacial score (nSPS) is 15.4. The molecule has 0 aliphatic heterocycles. The maximum atomic E-state index is 11.1. The van der Waals surface area contributed by atoms with Gasteiger partial charge in [0.15, 0.2) is 0 Å². The van der Waals surface area contributed by atoms with Crippen molar-refractivity contribution in [2.45, 2.75) is 25.3 Å². The number of aliphatic carboxylic acids is 1. The van der Waals surface area contributed by atoms with Crippen LogP contribution in [-0.4, -0.2) is 34.5 Å². The van der Waals surface area contributed by atoms with Crippen LogP contribution in [0.4, 0.5) is 0 Å². The molecule has 0 spiro atoms. The number of carboxylic acids is 1. The first-order chi connectivity index (χ1) is 6.18. The third kappa shape index (κ3) is 5.52. The van der Waals surface area contributed by atoms with Gasteiger partial charge in [0.1, 0.15) is 0 Å². The first-order valence-corrected chi connectivity index (χ1v) is 5.43.